The van der Waals surface area contributed by atoms with Gasteiger partial charge >= 0.3 is 5.97 Å². The first-order chi connectivity index (χ1) is 13.9. The molecule has 2 heterocycles. The molecule has 0 saturated carbocycles. The van der Waals surface area contributed by atoms with Crippen LogP contribution < -0.4 is 10.2 Å². The highest BCUT2D eigenvalue weighted by Crippen LogP contribution is 2.33. The Labute approximate surface area is 169 Å². The van der Waals surface area contributed by atoms with Gasteiger partial charge in [0, 0.05) is 24.7 Å². The maximum atomic E-state index is 12.6. The molecule has 1 fully saturated rings. The first-order valence-electron chi connectivity index (χ1n) is 9.68. The molecular formula is C21H25N3O5. The summed E-state index contributed by atoms with van der Waals surface area (Å²) in [7, 11) is 0. The molecule has 0 aliphatic carbocycles. The maximum Gasteiger partial charge on any atom is 0.311 e. The van der Waals surface area contributed by atoms with Gasteiger partial charge < -0.3 is 19.5 Å². The van der Waals surface area contributed by atoms with E-state index in [0.717, 1.165) is 17.7 Å². The average Bonchev–Trinajstić information content (AvgIpc) is 3.30. The number of ether oxygens (including phenoxy) is 1. The molecule has 1 saturated heterocycles. The molecule has 3 rings (SSSR count). The minimum Gasteiger partial charge on any atom is -0.455 e. The summed E-state index contributed by atoms with van der Waals surface area (Å²) in [5, 5.41) is 6.12. The molecule has 0 unspecified atom stereocenters. The molecule has 1 aliphatic rings. The topological polar surface area (TPSA) is 102 Å². The quantitative estimate of drug-likeness (QED) is 0.718. The standard InChI is InChI=1S/C21H25N3O5/c1-4-13(2)16-7-5-6-8-17(16)24-11-15(10-20(24)26)21(27)28-12-19(25)22-18-9-14(3)29-23-18/h5-9,13,15H,4,10-12H2,1-3H3,(H,22,23,25)/t13-,15-/m0/s1. The van der Waals surface area contributed by atoms with E-state index in [1.165, 1.54) is 0 Å². The number of aromatic nitrogens is 1. The Morgan fingerprint density at radius 2 is 2.14 bits per heavy atom. The number of aryl methyl sites for hydroxylation is 1. The van der Waals surface area contributed by atoms with Crippen molar-refractivity contribution in [2.24, 2.45) is 5.92 Å². The number of carbonyl (C=O) groups is 3. The molecule has 8 heteroatoms. The van der Waals surface area contributed by atoms with Gasteiger partial charge in [-0.15, -0.1) is 0 Å². The third-order valence-corrected chi connectivity index (χ3v) is 5.07. The highest BCUT2D eigenvalue weighted by atomic mass is 16.5. The van der Waals surface area contributed by atoms with Crippen molar-refractivity contribution in [3.8, 4) is 0 Å². The number of carbonyl (C=O) groups excluding carboxylic acids is 3. The lowest BCUT2D eigenvalue weighted by molar-refractivity contribution is -0.151. The van der Waals surface area contributed by atoms with Gasteiger partial charge in [-0.1, -0.05) is 37.2 Å². The smallest absolute Gasteiger partial charge is 0.311 e. The number of benzene rings is 1. The Kier molecular flexibility index (Phi) is 6.31. The Morgan fingerprint density at radius 1 is 1.38 bits per heavy atom. The van der Waals surface area contributed by atoms with E-state index in [1.54, 1.807) is 17.9 Å². The number of hydrogen-bond donors (Lipinski definition) is 1. The highest BCUT2D eigenvalue weighted by Gasteiger charge is 2.37. The molecule has 0 bridgehead atoms. The van der Waals surface area contributed by atoms with Crippen LogP contribution in [0.15, 0.2) is 34.9 Å². The first kappa shape index (κ1) is 20.6. The second-order valence-corrected chi connectivity index (χ2v) is 7.25. The molecule has 2 atom stereocenters. The molecule has 0 spiro atoms. The van der Waals surface area contributed by atoms with Crippen LogP contribution in [-0.4, -0.2) is 36.1 Å². The number of hydrogen-bond acceptors (Lipinski definition) is 6. The molecule has 1 N–H and O–H groups in total. The van der Waals surface area contributed by atoms with E-state index in [9.17, 15) is 14.4 Å². The van der Waals surface area contributed by atoms with Crippen LogP contribution >= 0.6 is 0 Å². The zero-order valence-corrected chi connectivity index (χ0v) is 16.8. The Hall–Kier alpha value is -3.16. The van der Waals surface area contributed by atoms with Gasteiger partial charge in [0.15, 0.2) is 12.4 Å². The van der Waals surface area contributed by atoms with E-state index in [0.29, 0.717) is 11.7 Å². The average molecular weight is 399 g/mol. The van der Waals surface area contributed by atoms with Gasteiger partial charge in [-0.25, -0.2) is 0 Å². The fraction of sp³-hybridized carbons (Fsp3) is 0.429. The fourth-order valence-corrected chi connectivity index (χ4v) is 3.33. The lowest BCUT2D eigenvalue weighted by Gasteiger charge is -2.23. The molecule has 8 nitrogen and oxygen atoms in total. The summed E-state index contributed by atoms with van der Waals surface area (Å²) in [5.41, 5.74) is 1.92. The van der Waals surface area contributed by atoms with E-state index in [2.05, 4.69) is 24.3 Å². The van der Waals surface area contributed by atoms with E-state index in [-0.39, 0.29) is 24.7 Å². The number of anilines is 2. The van der Waals surface area contributed by atoms with Crippen molar-refractivity contribution in [1.29, 1.82) is 0 Å². The molecule has 2 aromatic rings. The molecule has 29 heavy (non-hydrogen) atoms. The first-order valence-corrected chi connectivity index (χ1v) is 9.68. The molecular weight excluding hydrogens is 374 g/mol. The minimum absolute atomic E-state index is 0.0672. The summed E-state index contributed by atoms with van der Waals surface area (Å²) in [6.07, 6.45) is 1.02. The normalized spacial score (nSPS) is 17.3. The van der Waals surface area contributed by atoms with Crippen LogP contribution in [0.3, 0.4) is 0 Å². The predicted molar refractivity (Wildman–Crippen MR) is 106 cm³/mol. The second-order valence-electron chi connectivity index (χ2n) is 7.25. The second kappa shape index (κ2) is 8.89. The summed E-state index contributed by atoms with van der Waals surface area (Å²) in [4.78, 5) is 38.5. The van der Waals surface area contributed by atoms with Crippen molar-refractivity contribution in [2.75, 3.05) is 23.4 Å². The Balaban J connectivity index is 1.58. The van der Waals surface area contributed by atoms with Crippen molar-refractivity contribution in [3.05, 3.63) is 41.7 Å². The van der Waals surface area contributed by atoms with Gasteiger partial charge in [-0.2, -0.15) is 0 Å². The maximum absolute atomic E-state index is 12.6. The summed E-state index contributed by atoms with van der Waals surface area (Å²) in [6.45, 7) is 5.71. The molecule has 1 aromatic heterocycles. The predicted octanol–water partition coefficient (Wildman–Crippen LogP) is 3.03. The van der Waals surface area contributed by atoms with E-state index < -0.39 is 24.4 Å². The van der Waals surface area contributed by atoms with Crippen LogP contribution in [0.2, 0.25) is 0 Å². The number of rotatable bonds is 7. The van der Waals surface area contributed by atoms with Gasteiger partial charge in [0.2, 0.25) is 5.91 Å². The van der Waals surface area contributed by atoms with Crippen molar-refractivity contribution in [3.63, 3.8) is 0 Å². The summed E-state index contributed by atoms with van der Waals surface area (Å²) in [6, 6.07) is 9.31. The summed E-state index contributed by atoms with van der Waals surface area (Å²) >= 11 is 0. The third-order valence-electron chi connectivity index (χ3n) is 5.07. The zero-order chi connectivity index (χ0) is 21.0. The molecule has 1 aromatic carbocycles. The highest BCUT2D eigenvalue weighted by molar-refractivity contribution is 6.00. The third kappa shape index (κ3) is 4.82. The van der Waals surface area contributed by atoms with Gasteiger partial charge in [-0.3, -0.25) is 14.4 Å². The lowest BCUT2D eigenvalue weighted by atomic mass is 9.96. The molecule has 2 amide bonds. The summed E-state index contributed by atoms with van der Waals surface area (Å²) < 4.78 is 9.97. The Bertz CT molecular complexity index is 907. The van der Waals surface area contributed by atoms with Crippen LogP contribution in [0.25, 0.3) is 0 Å². The molecule has 154 valence electrons. The number of para-hydroxylation sites is 1. The SMILES string of the molecule is CC[C@H](C)c1ccccc1N1C[C@@H](C(=O)OCC(=O)Nc2cc(C)on2)CC1=O. The van der Waals surface area contributed by atoms with Gasteiger partial charge in [-0.05, 0) is 30.9 Å². The van der Waals surface area contributed by atoms with Crippen molar-refractivity contribution < 1.29 is 23.6 Å². The van der Waals surface area contributed by atoms with Crippen LogP contribution in [0.4, 0.5) is 11.5 Å². The van der Waals surface area contributed by atoms with E-state index in [4.69, 9.17) is 9.26 Å². The fourth-order valence-electron chi connectivity index (χ4n) is 3.33. The molecule has 0 radical (unpaired) electrons. The van der Waals surface area contributed by atoms with Crippen LogP contribution in [0.1, 0.15) is 43.9 Å². The lowest BCUT2D eigenvalue weighted by Crippen LogP contribution is -2.29. The zero-order valence-electron chi connectivity index (χ0n) is 16.8. The monoisotopic (exact) mass is 399 g/mol. The van der Waals surface area contributed by atoms with Gasteiger partial charge in [0.25, 0.3) is 5.91 Å². The largest absolute Gasteiger partial charge is 0.455 e. The number of nitrogens with one attached hydrogen (secondary N) is 1. The number of nitrogens with zero attached hydrogens (tertiary/aromatic N) is 2. The van der Waals surface area contributed by atoms with Crippen molar-refractivity contribution in [1.82, 2.24) is 5.16 Å². The van der Waals surface area contributed by atoms with E-state index in [1.807, 2.05) is 24.3 Å². The van der Waals surface area contributed by atoms with Gasteiger partial charge in [0.1, 0.15) is 5.76 Å². The summed E-state index contributed by atoms with van der Waals surface area (Å²) in [5.74, 6) is -0.691. The van der Waals surface area contributed by atoms with Crippen molar-refractivity contribution >= 4 is 29.3 Å². The van der Waals surface area contributed by atoms with Crippen LogP contribution in [-0.2, 0) is 19.1 Å². The minimum atomic E-state index is -0.602. The van der Waals surface area contributed by atoms with Crippen LogP contribution in [0.5, 0.6) is 0 Å². The number of esters is 1. The van der Waals surface area contributed by atoms with Crippen LogP contribution in [0, 0.1) is 12.8 Å². The molecule has 1 aliphatic heterocycles. The number of amides is 2. The van der Waals surface area contributed by atoms with E-state index >= 15 is 0 Å². The van der Waals surface area contributed by atoms with Gasteiger partial charge in [0.05, 0.1) is 5.92 Å². The Morgan fingerprint density at radius 3 is 2.83 bits per heavy atom. The van der Waals surface area contributed by atoms with Crippen molar-refractivity contribution in [2.45, 2.75) is 39.5 Å².